The highest BCUT2D eigenvalue weighted by atomic mass is 32.2. The van der Waals surface area contributed by atoms with Crippen molar-refractivity contribution in [1.29, 1.82) is 0 Å². The van der Waals surface area contributed by atoms with Crippen molar-refractivity contribution in [3.63, 3.8) is 0 Å². The van der Waals surface area contributed by atoms with Crippen LogP contribution in [0.25, 0.3) is 0 Å². The Morgan fingerprint density at radius 3 is 2.53 bits per heavy atom. The molecule has 0 aromatic heterocycles. The number of benzene rings is 2. The van der Waals surface area contributed by atoms with Crippen LogP contribution in [0.1, 0.15) is 43.4 Å². The fraction of sp³-hybridized carbons (Fsp3) is 0.467. The Labute approximate surface area is 229 Å². The molecule has 0 radical (unpaired) electrons. The third-order valence-corrected chi connectivity index (χ3v) is 9.27. The molecule has 2 fully saturated rings. The van der Waals surface area contributed by atoms with Crippen LogP contribution in [0.5, 0.6) is 0 Å². The number of nitrogens with one attached hydrogen (secondary N) is 2. The summed E-state index contributed by atoms with van der Waals surface area (Å²) in [5.74, 6) is 0.297. The van der Waals surface area contributed by atoms with Gasteiger partial charge >= 0.3 is 0 Å². The summed E-state index contributed by atoms with van der Waals surface area (Å²) < 4.78 is 5.38. The smallest absolute Gasteiger partial charge is 0.254 e. The Hall–Kier alpha value is -2.97. The van der Waals surface area contributed by atoms with E-state index in [1.54, 1.807) is 11.8 Å². The van der Waals surface area contributed by atoms with Crippen molar-refractivity contribution in [3.05, 3.63) is 83.2 Å². The van der Waals surface area contributed by atoms with Crippen LogP contribution in [0.2, 0.25) is 0 Å². The van der Waals surface area contributed by atoms with Crippen LogP contribution in [0.4, 0.5) is 0 Å². The average Bonchev–Trinajstić information content (AvgIpc) is 3.42. The molecule has 7 nitrogen and oxygen atoms in total. The quantitative estimate of drug-likeness (QED) is 0.455. The number of ether oxygens (including phenoxy) is 1. The molecule has 3 N–H and O–H groups in total. The SMILES string of the molecule is Cc1ccccc1CNC(=O)[C@H]1N(C(=O)[C@@H](O)[C@H](Cc2ccccc2)NC2=CC3(CC3)CO2)CSC1(C)C. The van der Waals surface area contributed by atoms with Gasteiger partial charge in [0.2, 0.25) is 5.91 Å². The molecule has 1 saturated carbocycles. The van der Waals surface area contributed by atoms with Crippen LogP contribution >= 0.6 is 11.8 Å². The summed E-state index contributed by atoms with van der Waals surface area (Å²) in [6.07, 6.45) is 3.39. The Morgan fingerprint density at radius 1 is 1.13 bits per heavy atom. The number of hydrogen-bond donors (Lipinski definition) is 3. The summed E-state index contributed by atoms with van der Waals surface area (Å²) in [5, 5.41) is 17.8. The summed E-state index contributed by atoms with van der Waals surface area (Å²) in [5.41, 5.74) is 3.25. The number of rotatable bonds is 9. The first-order valence-electron chi connectivity index (χ1n) is 13.3. The normalized spacial score (nSPS) is 22.4. The number of carbonyl (C=O) groups is 2. The van der Waals surface area contributed by atoms with E-state index in [2.05, 4.69) is 16.7 Å². The molecule has 0 bridgehead atoms. The molecule has 38 heavy (non-hydrogen) atoms. The zero-order chi connectivity index (χ0) is 26.9. The fourth-order valence-corrected chi connectivity index (χ4v) is 6.39. The van der Waals surface area contributed by atoms with Gasteiger partial charge in [0.05, 0.1) is 18.5 Å². The van der Waals surface area contributed by atoms with Crippen molar-refractivity contribution in [1.82, 2.24) is 15.5 Å². The van der Waals surface area contributed by atoms with Gasteiger partial charge in [-0.15, -0.1) is 11.8 Å². The zero-order valence-corrected chi connectivity index (χ0v) is 23.1. The van der Waals surface area contributed by atoms with Gasteiger partial charge in [0.15, 0.2) is 12.0 Å². The molecule has 0 unspecified atom stereocenters. The van der Waals surface area contributed by atoms with Gasteiger partial charge < -0.3 is 25.4 Å². The maximum atomic E-state index is 13.8. The third kappa shape index (κ3) is 5.71. The van der Waals surface area contributed by atoms with Gasteiger partial charge in [-0.2, -0.15) is 0 Å². The van der Waals surface area contributed by atoms with Crippen molar-refractivity contribution < 1.29 is 19.4 Å². The Kier molecular flexibility index (Phi) is 7.47. The molecule has 1 saturated heterocycles. The highest BCUT2D eigenvalue weighted by Gasteiger charge is 2.50. The minimum absolute atomic E-state index is 0.116. The second-order valence-electron chi connectivity index (χ2n) is 11.3. The van der Waals surface area contributed by atoms with Crippen LogP contribution in [0.3, 0.4) is 0 Å². The Morgan fingerprint density at radius 2 is 1.84 bits per heavy atom. The van der Waals surface area contributed by atoms with Crippen molar-refractivity contribution >= 4 is 23.6 Å². The molecular weight excluding hydrogens is 498 g/mol. The highest BCUT2D eigenvalue weighted by molar-refractivity contribution is 8.00. The number of thioether (sulfide) groups is 1. The molecule has 8 heteroatoms. The predicted molar refractivity (Wildman–Crippen MR) is 149 cm³/mol. The van der Waals surface area contributed by atoms with Crippen LogP contribution in [0, 0.1) is 12.3 Å². The number of aryl methyl sites for hydroxylation is 1. The third-order valence-electron chi connectivity index (χ3n) is 7.90. The van der Waals surface area contributed by atoms with Crippen LogP contribution < -0.4 is 10.6 Å². The maximum absolute atomic E-state index is 13.8. The van der Waals surface area contributed by atoms with E-state index in [9.17, 15) is 14.7 Å². The van der Waals surface area contributed by atoms with Crippen LogP contribution in [-0.2, 0) is 27.3 Å². The fourth-order valence-electron chi connectivity index (χ4n) is 5.25. The van der Waals surface area contributed by atoms with Gasteiger partial charge in [-0.3, -0.25) is 9.59 Å². The topological polar surface area (TPSA) is 90.9 Å². The minimum atomic E-state index is -1.35. The molecule has 202 valence electrons. The van der Waals surface area contributed by atoms with Crippen molar-refractivity contribution in [3.8, 4) is 0 Å². The molecular formula is C30H37N3O4S. The Bertz CT molecular complexity index is 1210. The highest BCUT2D eigenvalue weighted by Crippen LogP contribution is 2.51. The summed E-state index contributed by atoms with van der Waals surface area (Å²) in [6.45, 7) is 6.98. The van der Waals surface area contributed by atoms with Gasteiger partial charge in [-0.25, -0.2) is 0 Å². The number of aliphatic hydroxyl groups excluding tert-OH is 1. The number of nitrogens with zero attached hydrogens (tertiary/aromatic N) is 1. The molecule has 2 heterocycles. The molecule has 2 amide bonds. The van der Waals surface area contributed by atoms with E-state index in [1.165, 1.54) is 4.90 Å². The second kappa shape index (κ2) is 10.7. The molecule has 2 aromatic carbocycles. The van der Waals surface area contributed by atoms with E-state index in [0.717, 1.165) is 29.5 Å². The van der Waals surface area contributed by atoms with Gasteiger partial charge in [-0.05, 0) is 62.8 Å². The minimum Gasteiger partial charge on any atom is -0.478 e. The summed E-state index contributed by atoms with van der Waals surface area (Å²) in [4.78, 5) is 28.8. The summed E-state index contributed by atoms with van der Waals surface area (Å²) >= 11 is 1.55. The van der Waals surface area contributed by atoms with Crippen LogP contribution in [-0.4, -0.2) is 57.2 Å². The van der Waals surface area contributed by atoms with Gasteiger partial charge in [0.25, 0.3) is 5.91 Å². The van der Waals surface area contributed by atoms with E-state index < -0.39 is 28.8 Å². The standard InChI is InChI=1S/C30H37N3O4S/c1-20-9-7-8-12-22(20)17-31-27(35)26-29(2,3)38-19-33(26)28(36)25(34)23(15-21-10-5-4-6-11-21)32-24-16-30(13-14-30)18-37-24/h4-12,16,23,25-26,32,34H,13-15,17-19H2,1-3H3,(H,31,35)/t23-,25-,26+/m0/s1. The molecule has 1 spiro atoms. The van der Waals surface area contributed by atoms with Crippen molar-refractivity contribution in [2.75, 3.05) is 12.5 Å². The summed E-state index contributed by atoms with van der Waals surface area (Å²) in [7, 11) is 0. The number of hydrogen-bond acceptors (Lipinski definition) is 6. The lowest BCUT2D eigenvalue weighted by Gasteiger charge is -2.33. The van der Waals surface area contributed by atoms with E-state index in [1.807, 2.05) is 75.4 Å². The largest absolute Gasteiger partial charge is 0.478 e. The zero-order valence-electron chi connectivity index (χ0n) is 22.3. The lowest BCUT2D eigenvalue weighted by Crippen LogP contribution is -2.58. The first-order chi connectivity index (χ1) is 18.2. The van der Waals surface area contributed by atoms with Gasteiger partial charge in [0, 0.05) is 16.7 Å². The van der Waals surface area contributed by atoms with Gasteiger partial charge in [0.1, 0.15) is 6.04 Å². The molecule has 3 atom stereocenters. The lowest BCUT2D eigenvalue weighted by molar-refractivity contribution is -0.147. The monoisotopic (exact) mass is 535 g/mol. The predicted octanol–water partition coefficient (Wildman–Crippen LogP) is 3.50. The van der Waals surface area contributed by atoms with Crippen molar-refractivity contribution in [2.45, 2.75) is 69.5 Å². The van der Waals surface area contributed by atoms with E-state index in [-0.39, 0.29) is 11.3 Å². The number of aliphatic hydroxyl groups is 1. The van der Waals surface area contributed by atoms with Gasteiger partial charge in [-0.1, -0.05) is 54.6 Å². The van der Waals surface area contributed by atoms with Crippen molar-refractivity contribution in [2.24, 2.45) is 5.41 Å². The molecule has 3 aliphatic rings. The second-order valence-corrected chi connectivity index (χ2v) is 12.9. The first-order valence-corrected chi connectivity index (χ1v) is 14.3. The summed E-state index contributed by atoms with van der Waals surface area (Å²) in [6, 6.07) is 16.4. The molecule has 2 aliphatic heterocycles. The lowest BCUT2D eigenvalue weighted by atomic mass is 9.97. The molecule has 1 aliphatic carbocycles. The molecule has 5 rings (SSSR count). The Balaban J connectivity index is 1.32. The van der Waals surface area contributed by atoms with E-state index in [0.29, 0.717) is 31.3 Å². The number of amides is 2. The van der Waals surface area contributed by atoms with E-state index >= 15 is 0 Å². The first kappa shape index (κ1) is 26.6. The average molecular weight is 536 g/mol. The number of carbonyl (C=O) groups excluding carboxylic acids is 2. The maximum Gasteiger partial charge on any atom is 0.254 e. The van der Waals surface area contributed by atoms with Crippen LogP contribution in [0.15, 0.2) is 66.6 Å². The van der Waals surface area contributed by atoms with E-state index in [4.69, 9.17) is 4.74 Å². The molecule has 2 aromatic rings.